The third kappa shape index (κ3) is 4.74. The summed E-state index contributed by atoms with van der Waals surface area (Å²) in [5.41, 5.74) is 1.29. The van der Waals surface area contributed by atoms with Gasteiger partial charge in [0, 0.05) is 19.1 Å². The number of benzene rings is 1. The zero-order chi connectivity index (χ0) is 15.2. The molecule has 1 heterocycles. The van der Waals surface area contributed by atoms with Gasteiger partial charge in [-0.15, -0.1) is 0 Å². The van der Waals surface area contributed by atoms with E-state index in [2.05, 4.69) is 17.4 Å². The van der Waals surface area contributed by atoms with Crippen LogP contribution < -0.4 is 5.32 Å². The third-order valence-corrected chi connectivity index (χ3v) is 4.28. The summed E-state index contributed by atoms with van der Waals surface area (Å²) in [5.74, 6) is 0.282. The molecular weight excluding hydrogens is 264 g/mol. The molecule has 4 nitrogen and oxygen atoms in total. The van der Waals surface area contributed by atoms with Gasteiger partial charge in [-0.25, -0.2) is 4.79 Å². The van der Waals surface area contributed by atoms with Gasteiger partial charge in [-0.1, -0.05) is 37.3 Å². The minimum Gasteiger partial charge on any atom is -0.391 e. The van der Waals surface area contributed by atoms with Crippen LogP contribution in [0.5, 0.6) is 0 Å². The van der Waals surface area contributed by atoms with Gasteiger partial charge in [0.25, 0.3) is 0 Å². The first-order valence-electron chi connectivity index (χ1n) is 7.83. The number of carbonyl (C=O) groups is 1. The van der Waals surface area contributed by atoms with Gasteiger partial charge in [0.05, 0.1) is 6.10 Å². The van der Waals surface area contributed by atoms with Gasteiger partial charge >= 0.3 is 6.03 Å². The Kier molecular flexibility index (Phi) is 5.62. The number of hydrogen-bond donors (Lipinski definition) is 2. The zero-order valence-corrected chi connectivity index (χ0v) is 13.0. The molecule has 2 rings (SSSR count). The molecule has 1 aromatic rings. The summed E-state index contributed by atoms with van der Waals surface area (Å²) >= 11 is 0. The molecule has 1 aromatic carbocycles. The first-order valence-corrected chi connectivity index (χ1v) is 7.83. The average molecular weight is 290 g/mol. The fraction of sp³-hybridized carbons (Fsp3) is 0.588. The molecule has 0 bridgehead atoms. The number of piperidine rings is 1. The lowest BCUT2D eigenvalue weighted by Gasteiger charge is -2.34. The van der Waals surface area contributed by atoms with E-state index in [0.29, 0.717) is 6.54 Å². The molecule has 3 unspecified atom stereocenters. The SMILES string of the molecule is CC(CCc1ccccc1)NC(=O)N1CCC(C)C(O)C1. The second-order valence-corrected chi connectivity index (χ2v) is 6.15. The van der Waals surface area contributed by atoms with Crippen molar-refractivity contribution in [3.8, 4) is 0 Å². The van der Waals surface area contributed by atoms with E-state index in [0.717, 1.165) is 25.8 Å². The predicted octanol–water partition coefficient (Wildman–Crippen LogP) is 2.42. The first-order chi connectivity index (χ1) is 10.1. The highest BCUT2D eigenvalue weighted by atomic mass is 16.3. The molecule has 0 aromatic heterocycles. The van der Waals surface area contributed by atoms with Gasteiger partial charge in [0.1, 0.15) is 0 Å². The van der Waals surface area contributed by atoms with Gasteiger partial charge in [-0.2, -0.15) is 0 Å². The van der Waals surface area contributed by atoms with Crippen LogP contribution in [0.15, 0.2) is 30.3 Å². The lowest BCUT2D eigenvalue weighted by atomic mass is 9.96. The maximum absolute atomic E-state index is 12.2. The predicted molar refractivity (Wildman–Crippen MR) is 84.1 cm³/mol. The van der Waals surface area contributed by atoms with Crippen molar-refractivity contribution in [2.45, 2.75) is 45.3 Å². The summed E-state index contributed by atoms with van der Waals surface area (Å²) in [7, 11) is 0. The number of rotatable bonds is 4. The molecule has 1 fully saturated rings. The van der Waals surface area contributed by atoms with E-state index in [1.54, 1.807) is 4.90 Å². The second-order valence-electron chi connectivity index (χ2n) is 6.15. The topological polar surface area (TPSA) is 52.6 Å². The van der Waals surface area contributed by atoms with E-state index in [1.807, 2.05) is 32.0 Å². The summed E-state index contributed by atoms with van der Waals surface area (Å²) in [5, 5.41) is 12.9. The number of amides is 2. The van der Waals surface area contributed by atoms with E-state index in [1.165, 1.54) is 5.56 Å². The van der Waals surface area contributed by atoms with Crippen molar-refractivity contribution in [2.75, 3.05) is 13.1 Å². The van der Waals surface area contributed by atoms with Crippen molar-refractivity contribution in [3.05, 3.63) is 35.9 Å². The molecule has 4 heteroatoms. The van der Waals surface area contributed by atoms with Gasteiger partial charge < -0.3 is 15.3 Å². The molecule has 1 aliphatic heterocycles. The standard InChI is InChI=1S/C17H26N2O2/c1-13-10-11-19(12-16(13)20)17(21)18-14(2)8-9-15-6-4-3-5-7-15/h3-7,13-14,16,20H,8-12H2,1-2H3,(H,18,21). The highest BCUT2D eigenvalue weighted by Crippen LogP contribution is 2.17. The lowest BCUT2D eigenvalue weighted by molar-refractivity contribution is 0.0430. The van der Waals surface area contributed by atoms with E-state index in [4.69, 9.17) is 0 Å². The second kappa shape index (κ2) is 7.46. The quantitative estimate of drug-likeness (QED) is 0.895. The molecule has 2 N–H and O–H groups in total. The van der Waals surface area contributed by atoms with Crippen molar-refractivity contribution < 1.29 is 9.90 Å². The van der Waals surface area contributed by atoms with Gasteiger partial charge in [-0.05, 0) is 37.7 Å². The summed E-state index contributed by atoms with van der Waals surface area (Å²) in [6, 6.07) is 10.4. The van der Waals surface area contributed by atoms with Crippen molar-refractivity contribution in [2.24, 2.45) is 5.92 Å². The molecule has 0 aliphatic carbocycles. The molecule has 116 valence electrons. The molecule has 3 atom stereocenters. The first kappa shape index (κ1) is 15.8. The van der Waals surface area contributed by atoms with Crippen LogP contribution >= 0.6 is 0 Å². The summed E-state index contributed by atoms with van der Waals surface area (Å²) in [4.78, 5) is 13.9. The summed E-state index contributed by atoms with van der Waals surface area (Å²) in [6.45, 7) is 5.24. The number of aliphatic hydroxyl groups excluding tert-OH is 1. The minimum absolute atomic E-state index is 0.0542. The fourth-order valence-electron chi connectivity index (χ4n) is 2.64. The largest absolute Gasteiger partial charge is 0.391 e. The number of β-amino-alcohol motifs (C(OH)–C–C–N with tert-alkyl or cyclic N) is 1. The highest BCUT2D eigenvalue weighted by molar-refractivity contribution is 5.74. The monoisotopic (exact) mass is 290 g/mol. The summed E-state index contributed by atoms with van der Waals surface area (Å²) < 4.78 is 0. The van der Waals surface area contributed by atoms with E-state index < -0.39 is 6.10 Å². The number of aliphatic hydroxyl groups is 1. The number of nitrogens with zero attached hydrogens (tertiary/aromatic N) is 1. The Balaban J connectivity index is 1.74. The molecule has 1 aliphatic rings. The number of urea groups is 1. The number of likely N-dealkylation sites (tertiary alicyclic amines) is 1. The number of hydrogen-bond acceptors (Lipinski definition) is 2. The van der Waals surface area contributed by atoms with Crippen LogP contribution in [0, 0.1) is 5.92 Å². The third-order valence-electron chi connectivity index (χ3n) is 4.28. The Morgan fingerprint density at radius 1 is 1.43 bits per heavy atom. The van der Waals surface area contributed by atoms with E-state index in [-0.39, 0.29) is 18.0 Å². The van der Waals surface area contributed by atoms with Gasteiger partial charge in [-0.3, -0.25) is 0 Å². The van der Waals surface area contributed by atoms with Crippen molar-refractivity contribution in [1.29, 1.82) is 0 Å². The van der Waals surface area contributed by atoms with Crippen molar-refractivity contribution >= 4 is 6.03 Å². The minimum atomic E-state index is -0.399. The van der Waals surface area contributed by atoms with Gasteiger partial charge in [0.2, 0.25) is 0 Å². The molecule has 0 saturated carbocycles. The average Bonchev–Trinajstić information content (AvgIpc) is 2.49. The van der Waals surface area contributed by atoms with Crippen LogP contribution in [0.4, 0.5) is 4.79 Å². The Bertz CT molecular complexity index is 449. The molecule has 21 heavy (non-hydrogen) atoms. The van der Waals surface area contributed by atoms with Crippen LogP contribution in [-0.4, -0.2) is 41.3 Å². The van der Waals surface area contributed by atoms with E-state index in [9.17, 15) is 9.90 Å². The number of nitrogens with one attached hydrogen (secondary N) is 1. The van der Waals surface area contributed by atoms with Crippen molar-refractivity contribution in [1.82, 2.24) is 10.2 Å². The zero-order valence-electron chi connectivity index (χ0n) is 13.0. The maximum Gasteiger partial charge on any atom is 0.317 e. The number of aryl methyl sites for hydroxylation is 1. The molecule has 0 spiro atoms. The van der Waals surface area contributed by atoms with Crippen LogP contribution in [0.1, 0.15) is 32.3 Å². The highest BCUT2D eigenvalue weighted by Gasteiger charge is 2.27. The smallest absolute Gasteiger partial charge is 0.317 e. The Morgan fingerprint density at radius 2 is 2.14 bits per heavy atom. The van der Waals surface area contributed by atoms with Crippen LogP contribution in [0.2, 0.25) is 0 Å². The van der Waals surface area contributed by atoms with Crippen molar-refractivity contribution in [3.63, 3.8) is 0 Å². The number of carbonyl (C=O) groups excluding carboxylic acids is 1. The normalized spacial score (nSPS) is 23.7. The summed E-state index contributed by atoms with van der Waals surface area (Å²) in [6.07, 6.45) is 2.35. The molecular formula is C17H26N2O2. The molecule has 1 saturated heterocycles. The van der Waals surface area contributed by atoms with Gasteiger partial charge in [0.15, 0.2) is 0 Å². The van der Waals surface area contributed by atoms with Crippen LogP contribution in [0.3, 0.4) is 0 Å². The van der Waals surface area contributed by atoms with Crippen LogP contribution in [-0.2, 0) is 6.42 Å². The Morgan fingerprint density at radius 3 is 2.81 bits per heavy atom. The van der Waals surface area contributed by atoms with Crippen LogP contribution in [0.25, 0.3) is 0 Å². The molecule has 2 amide bonds. The van der Waals surface area contributed by atoms with E-state index >= 15 is 0 Å². The Hall–Kier alpha value is -1.55. The molecule has 0 radical (unpaired) electrons. The maximum atomic E-state index is 12.2. The lowest BCUT2D eigenvalue weighted by Crippen LogP contribution is -2.51. The Labute approximate surface area is 127 Å². The fourth-order valence-corrected chi connectivity index (χ4v) is 2.64.